The van der Waals surface area contributed by atoms with E-state index in [1.807, 2.05) is 0 Å². The molecule has 2 unspecified atom stereocenters. The molecule has 0 bridgehead atoms. The van der Waals surface area contributed by atoms with Gasteiger partial charge >= 0.3 is 6.16 Å². The molecular formula is C22H39N3O4. The molecule has 166 valence electrons. The van der Waals surface area contributed by atoms with E-state index >= 15 is 0 Å². The van der Waals surface area contributed by atoms with Crippen LogP contribution in [0.15, 0.2) is 0 Å². The van der Waals surface area contributed by atoms with Crippen LogP contribution in [0.4, 0.5) is 4.79 Å². The van der Waals surface area contributed by atoms with Crippen LogP contribution in [0.5, 0.6) is 0 Å². The minimum atomic E-state index is -0.613. The van der Waals surface area contributed by atoms with E-state index in [9.17, 15) is 9.59 Å². The summed E-state index contributed by atoms with van der Waals surface area (Å²) in [4.78, 5) is 34.7. The van der Waals surface area contributed by atoms with Crippen LogP contribution in [0.2, 0.25) is 0 Å². The van der Waals surface area contributed by atoms with E-state index in [-0.39, 0.29) is 18.0 Å². The third-order valence-corrected chi connectivity index (χ3v) is 6.85. The normalized spacial score (nSPS) is 30.6. The molecule has 0 radical (unpaired) electrons. The standard InChI is InChI=1S/C22H39N3O4/c1-4-28-22(27)29-25-17(2)15-20(16-18(25)3)23-13-9-19(10-14-23)21(26)24-11-7-5-6-8-12-24/h17-20H,4-16H2,1-3H3. The van der Waals surface area contributed by atoms with Gasteiger partial charge in [-0.2, -0.15) is 0 Å². The minimum absolute atomic E-state index is 0.157. The van der Waals surface area contributed by atoms with E-state index in [0.717, 1.165) is 64.7 Å². The number of ether oxygens (including phenoxy) is 1. The lowest BCUT2D eigenvalue weighted by atomic mass is 9.89. The van der Waals surface area contributed by atoms with E-state index in [4.69, 9.17) is 9.57 Å². The highest BCUT2D eigenvalue weighted by atomic mass is 16.8. The summed E-state index contributed by atoms with van der Waals surface area (Å²) in [5.74, 6) is 0.595. The second kappa shape index (κ2) is 10.6. The first-order valence-electron chi connectivity index (χ1n) is 11.7. The molecule has 3 rings (SSSR count). The number of carbonyl (C=O) groups excluding carboxylic acids is 2. The molecule has 0 spiro atoms. The van der Waals surface area contributed by atoms with Crippen molar-refractivity contribution in [2.24, 2.45) is 5.92 Å². The summed E-state index contributed by atoms with van der Waals surface area (Å²) in [5, 5.41) is 1.80. The van der Waals surface area contributed by atoms with Crippen LogP contribution >= 0.6 is 0 Å². The van der Waals surface area contributed by atoms with Crippen molar-refractivity contribution in [1.29, 1.82) is 0 Å². The SMILES string of the molecule is CCOC(=O)ON1C(C)CC(N2CCC(C(=O)N3CCCCCC3)CC2)CC1C. The van der Waals surface area contributed by atoms with Crippen molar-refractivity contribution in [2.75, 3.05) is 32.8 Å². The zero-order valence-corrected chi connectivity index (χ0v) is 18.5. The van der Waals surface area contributed by atoms with Gasteiger partial charge in [-0.1, -0.05) is 12.8 Å². The number of rotatable bonds is 4. The van der Waals surface area contributed by atoms with Crippen molar-refractivity contribution in [2.45, 2.75) is 90.3 Å². The molecule has 0 aliphatic carbocycles. The van der Waals surface area contributed by atoms with Crippen molar-refractivity contribution >= 4 is 12.1 Å². The quantitative estimate of drug-likeness (QED) is 0.663. The Hall–Kier alpha value is -1.34. The predicted molar refractivity (Wildman–Crippen MR) is 111 cm³/mol. The average Bonchev–Trinajstić information content (AvgIpc) is 3.00. The number of hydrogen-bond acceptors (Lipinski definition) is 6. The summed E-state index contributed by atoms with van der Waals surface area (Å²) in [7, 11) is 0. The first kappa shape index (κ1) is 22.3. The number of nitrogens with zero attached hydrogens (tertiary/aromatic N) is 3. The van der Waals surface area contributed by atoms with Crippen LogP contribution in [0, 0.1) is 5.92 Å². The lowest BCUT2D eigenvalue weighted by molar-refractivity contribution is -0.196. The maximum Gasteiger partial charge on any atom is 0.527 e. The number of hydroxylamine groups is 2. The molecule has 3 aliphatic heterocycles. The molecule has 1 amide bonds. The fraction of sp³-hybridized carbons (Fsp3) is 0.909. The molecule has 3 saturated heterocycles. The Morgan fingerprint density at radius 3 is 2.03 bits per heavy atom. The van der Waals surface area contributed by atoms with Gasteiger partial charge in [-0.3, -0.25) is 4.79 Å². The number of likely N-dealkylation sites (tertiary alicyclic amines) is 2. The van der Waals surface area contributed by atoms with Crippen molar-refractivity contribution in [3.8, 4) is 0 Å². The van der Waals surface area contributed by atoms with Gasteiger partial charge in [0.1, 0.15) is 0 Å². The smallest absolute Gasteiger partial charge is 0.433 e. The molecule has 0 saturated carbocycles. The molecule has 0 N–H and O–H groups in total. The van der Waals surface area contributed by atoms with E-state index < -0.39 is 6.16 Å². The average molecular weight is 410 g/mol. The predicted octanol–water partition coefficient (Wildman–Crippen LogP) is 3.43. The second-order valence-corrected chi connectivity index (χ2v) is 9.01. The molecule has 3 aliphatic rings. The van der Waals surface area contributed by atoms with Gasteiger partial charge in [0.2, 0.25) is 5.91 Å². The van der Waals surface area contributed by atoms with Crippen LogP contribution in [0.3, 0.4) is 0 Å². The second-order valence-electron chi connectivity index (χ2n) is 9.01. The van der Waals surface area contributed by atoms with Gasteiger partial charge in [0, 0.05) is 37.1 Å². The largest absolute Gasteiger partial charge is 0.527 e. The summed E-state index contributed by atoms with van der Waals surface area (Å²) in [6, 6.07) is 0.797. The van der Waals surface area contributed by atoms with E-state index in [1.54, 1.807) is 12.0 Å². The Morgan fingerprint density at radius 1 is 0.897 bits per heavy atom. The first-order chi connectivity index (χ1) is 14.0. The van der Waals surface area contributed by atoms with Crippen LogP contribution in [-0.4, -0.2) is 77.8 Å². The van der Waals surface area contributed by atoms with Crippen molar-refractivity contribution < 1.29 is 19.2 Å². The lowest BCUT2D eigenvalue weighted by Crippen LogP contribution is -2.55. The van der Waals surface area contributed by atoms with Gasteiger partial charge in [0.25, 0.3) is 0 Å². The van der Waals surface area contributed by atoms with Gasteiger partial charge in [-0.15, -0.1) is 5.06 Å². The number of piperidine rings is 2. The molecule has 29 heavy (non-hydrogen) atoms. The highest BCUT2D eigenvalue weighted by Crippen LogP contribution is 2.31. The maximum atomic E-state index is 12.9. The van der Waals surface area contributed by atoms with Crippen LogP contribution in [0.1, 0.15) is 72.1 Å². The third kappa shape index (κ3) is 5.85. The molecule has 7 nitrogen and oxygen atoms in total. The topological polar surface area (TPSA) is 62.3 Å². The zero-order chi connectivity index (χ0) is 20.8. The number of hydrogen-bond donors (Lipinski definition) is 0. The van der Waals surface area contributed by atoms with Gasteiger partial charge in [0.05, 0.1) is 6.61 Å². The van der Waals surface area contributed by atoms with Gasteiger partial charge in [0.15, 0.2) is 0 Å². The Kier molecular flexibility index (Phi) is 8.18. The summed E-state index contributed by atoms with van der Waals surface area (Å²) in [5.41, 5.74) is 0. The van der Waals surface area contributed by atoms with E-state index in [2.05, 4.69) is 23.6 Å². The highest BCUT2D eigenvalue weighted by molar-refractivity contribution is 5.79. The van der Waals surface area contributed by atoms with Gasteiger partial charge in [-0.25, -0.2) is 4.79 Å². The Morgan fingerprint density at radius 2 is 1.48 bits per heavy atom. The van der Waals surface area contributed by atoms with Crippen LogP contribution < -0.4 is 0 Å². The maximum absolute atomic E-state index is 12.9. The molecule has 3 heterocycles. The molecule has 0 aromatic carbocycles. The molecular weight excluding hydrogens is 370 g/mol. The summed E-state index contributed by atoms with van der Waals surface area (Å²) in [6.45, 7) is 10.2. The number of carbonyl (C=O) groups is 2. The summed E-state index contributed by atoms with van der Waals surface area (Å²) < 4.78 is 4.93. The molecule has 0 aromatic heterocycles. The fourth-order valence-electron chi connectivity index (χ4n) is 5.30. The van der Waals surface area contributed by atoms with E-state index in [1.165, 1.54) is 12.8 Å². The molecule has 2 atom stereocenters. The fourth-order valence-corrected chi connectivity index (χ4v) is 5.30. The molecule has 0 aromatic rings. The Balaban J connectivity index is 1.47. The Bertz CT molecular complexity index is 530. The molecule has 3 fully saturated rings. The van der Waals surface area contributed by atoms with Crippen LogP contribution in [-0.2, 0) is 14.4 Å². The third-order valence-electron chi connectivity index (χ3n) is 6.85. The first-order valence-corrected chi connectivity index (χ1v) is 11.7. The summed E-state index contributed by atoms with van der Waals surface area (Å²) >= 11 is 0. The number of amides is 1. The highest BCUT2D eigenvalue weighted by Gasteiger charge is 2.38. The van der Waals surface area contributed by atoms with Crippen molar-refractivity contribution in [3.63, 3.8) is 0 Å². The Labute approximate surface area is 175 Å². The van der Waals surface area contributed by atoms with Gasteiger partial charge in [-0.05, 0) is 72.4 Å². The van der Waals surface area contributed by atoms with E-state index in [0.29, 0.717) is 18.6 Å². The van der Waals surface area contributed by atoms with Crippen LogP contribution in [0.25, 0.3) is 0 Å². The molecule has 7 heteroatoms. The summed E-state index contributed by atoms with van der Waals surface area (Å²) in [6.07, 6.45) is 8.10. The monoisotopic (exact) mass is 409 g/mol. The minimum Gasteiger partial charge on any atom is -0.433 e. The van der Waals surface area contributed by atoms with Crippen molar-refractivity contribution in [1.82, 2.24) is 14.9 Å². The van der Waals surface area contributed by atoms with Gasteiger partial charge < -0.3 is 19.4 Å². The lowest BCUT2D eigenvalue weighted by Gasteiger charge is -2.46. The van der Waals surface area contributed by atoms with Crippen molar-refractivity contribution in [3.05, 3.63) is 0 Å². The zero-order valence-electron chi connectivity index (χ0n) is 18.5.